The van der Waals surface area contributed by atoms with Crippen LogP contribution in [0.3, 0.4) is 0 Å². The molecule has 0 aliphatic carbocycles. The first-order valence-electron chi connectivity index (χ1n) is 8.60. The van der Waals surface area contributed by atoms with Crippen molar-refractivity contribution in [2.75, 3.05) is 30.9 Å². The molecule has 0 amide bonds. The van der Waals surface area contributed by atoms with Crippen LogP contribution in [0.15, 0.2) is 48.5 Å². The lowest BCUT2D eigenvalue weighted by atomic mass is 10.00. The number of ether oxygens (including phenoxy) is 1. The molecule has 2 aromatic carbocycles. The molecule has 138 valence electrons. The maximum atomic E-state index is 11.7. The molecule has 26 heavy (non-hydrogen) atoms. The van der Waals surface area contributed by atoms with Crippen molar-refractivity contribution in [3.8, 4) is 5.75 Å². The third-order valence-corrected chi connectivity index (χ3v) is 6.08. The van der Waals surface area contributed by atoms with Gasteiger partial charge in [0.1, 0.15) is 11.4 Å². The molecule has 6 heteroatoms. The molecule has 1 unspecified atom stereocenters. The Hall–Kier alpha value is -1.50. The molecule has 2 heterocycles. The number of benzene rings is 2. The molecule has 0 radical (unpaired) electrons. The van der Waals surface area contributed by atoms with Gasteiger partial charge in [-0.25, -0.2) is 4.58 Å². The third-order valence-electron chi connectivity index (χ3n) is 4.89. The fraction of sp³-hybridized carbons (Fsp3) is 0.350. The average Bonchev–Trinajstić information content (AvgIpc) is 2.95. The molecule has 0 saturated carbocycles. The van der Waals surface area contributed by atoms with Gasteiger partial charge in [0.15, 0.2) is 6.54 Å². The Morgan fingerprint density at radius 1 is 1.12 bits per heavy atom. The van der Waals surface area contributed by atoms with Crippen LogP contribution in [0.5, 0.6) is 5.75 Å². The highest BCUT2D eigenvalue weighted by Crippen LogP contribution is 2.40. The van der Waals surface area contributed by atoms with Crippen LogP contribution in [-0.4, -0.2) is 40.8 Å². The van der Waals surface area contributed by atoms with Crippen molar-refractivity contribution < 1.29 is 31.4 Å². The summed E-state index contributed by atoms with van der Waals surface area (Å²) in [4.78, 5) is 2.08. The van der Waals surface area contributed by atoms with Crippen molar-refractivity contribution >= 4 is 22.6 Å². The lowest BCUT2D eigenvalue weighted by Crippen LogP contribution is -3.00. The minimum atomic E-state index is -1.06. The largest absolute Gasteiger partial charge is 1.00 e. The smallest absolute Gasteiger partial charge is 0.316 e. The summed E-state index contributed by atoms with van der Waals surface area (Å²) in [5, 5.41) is 12.9. The normalized spacial score (nSPS) is 22.0. The predicted octanol–water partition coefficient (Wildman–Crippen LogP) is 0.178. The van der Waals surface area contributed by atoms with Gasteiger partial charge in [0.05, 0.1) is 13.7 Å². The van der Waals surface area contributed by atoms with E-state index in [0.29, 0.717) is 6.54 Å². The monoisotopic (exact) mass is 434 g/mol. The lowest BCUT2D eigenvalue weighted by Gasteiger charge is -2.28. The Morgan fingerprint density at radius 2 is 1.81 bits per heavy atom. The zero-order valence-corrected chi connectivity index (χ0v) is 17.4. The summed E-state index contributed by atoms with van der Waals surface area (Å²) < 4.78 is 7.59. The quantitative estimate of drug-likeness (QED) is 0.698. The van der Waals surface area contributed by atoms with Crippen molar-refractivity contribution in [1.82, 2.24) is 0 Å². The molecule has 0 saturated heterocycles. The van der Waals surface area contributed by atoms with Crippen LogP contribution in [0.2, 0.25) is 0 Å². The lowest BCUT2D eigenvalue weighted by molar-refractivity contribution is -0.532. The topological polar surface area (TPSA) is 35.7 Å². The maximum absolute atomic E-state index is 11.7. The fourth-order valence-electron chi connectivity index (χ4n) is 3.55. The maximum Gasteiger partial charge on any atom is 0.316 e. The Balaban J connectivity index is 0.00000196. The van der Waals surface area contributed by atoms with Gasteiger partial charge in [0.25, 0.3) is 5.72 Å². The van der Waals surface area contributed by atoms with Crippen LogP contribution < -0.4 is 26.6 Å². The summed E-state index contributed by atoms with van der Waals surface area (Å²) in [6.45, 7) is 3.64. The first-order chi connectivity index (χ1) is 12.1. The van der Waals surface area contributed by atoms with Crippen LogP contribution in [0.4, 0.5) is 5.69 Å². The van der Waals surface area contributed by atoms with E-state index in [4.69, 9.17) is 4.74 Å². The number of methoxy groups -OCH3 is 1. The third kappa shape index (κ3) is 3.26. The Bertz CT molecular complexity index is 808. The number of rotatable bonds is 3. The molecular weight excluding hydrogens is 412 g/mol. The van der Waals surface area contributed by atoms with E-state index in [1.165, 1.54) is 5.56 Å². The summed E-state index contributed by atoms with van der Waals surface area (Å²) >= 11 is 1.82. The molecule has 1 N–H and O–H groups in total. The van der Waals surface area contributed by atoms with Gasteiger partial charge in [0, 0.05) is 11.3 Å². The van der Waals surface area contributed by atoms with Crippen LogP contribution in [0, 0.1) is 6.92 Å². The van der Waals surface area contributed by atoms with E-state index in [1.54, 1.807) is 7.11 Å². The highest BCUT2D eigenvalue weighted by Gasteiger charge is 2.55. The summed E-state index contributed by atoms with van der Waals surface area (Å²) in [6, 6.07) is 16.1. The van der Waals surface area contributed by atoms with Crippen molar-refractivity contribution in [1.29, 1.82) is 0 Å². The van der Waals surface area contributed by atoms with Crippen LogP contribution >= 0.6 is 11.8 Å². The summed E-state index contributed by atoms with van der Waals surface area (Å²) in [6.07, 6.45) is 1.15. The van der Waals surface area contributed by atoms with E-state index >= 15 is 0 Å². The number of aryl methyl sites for hydroxylation is 1. The number of halogens is 1. The van der Waals surface area contributed by atoms with Crippen molar-refractivity contribution in [3.05, 3.63) is 59.7 Å². The second-order valence-corrected chi connectivity index (χ2v) is 7.68. The van der Waals surface area contributed by atoms with Gasteiger partial charge in [-0.2, -0.15) is 4.90 Å². The Kier molecular flexibility index (Phi) is 5.65. The number of hydrogen-bond donors (Lipinski definition) is 1. The van der Waals surface area contributed by atoms with E-state index < -0.39 is 5.72 Å². The van der Waals surface area contributed by atoms with Crippen LogP contribution in [0.1, 0.15) is 17.5 Å². The summed E-state index contributed by atoms with van der Waals surface area (Å²) in [5.41, 5.74) is 2.04. The minimum absolute atomic E-state index is 0. The van der Waals surface area contributed by atoms with Gasteiger partial charge in [-0.3, -0.25) is 0 Å². The molecule has 2 aromatic rings. The number of hydrogen-bond acceptors (Lipinski definition) is 4. The van der Waals surface area contributed by atoms with E-state index in [2.05, 4.69) is 28.5 Å². The number of anilines is 1. The number of aliphatic hydroxyl groups is 1. The second-order valence-electron chi connectivity index (χ2n) is 6.62. The van der Waals surface area contributed by atoms with Crippen LogP contribution in [0.25, 0.3) is 0 Å². The number of nitrogens with zero attached hydrogens (tertiary/aromatic N) is 2. The van der Waals surface area contributed by atoms with Gasteiger partial charge in [-0.1, -0.05) is 29.8 Å². The average molecular weight is 435 g/mol. The molecule has 2 aliphatic heterocycles. The Labute approximate surface area is 169 Å². The molecule has 0 bridgehead atoms. The van der Waals surface area contributed by atoms with Crippen molar-refractivity contribution in [2.24, 2.45) is 0 Å². The van der Waals surface area contributed by atoms with Crippen molar-refractivity contribution in [2.45, 2.75) is 19.1 Å². The van der Waals surface area contributed by atoms with E-state index in [-0.39, 0.29) is 17.0 Å². The molecule has 0 spiro atoms. The first-order valence-corrected chi connectivity index (χ1v) is 9.59. The van der Waals surface area contributed by atoms with E-state index in [1.807, 2.05) is 48.2 Å². The highest BCUT2D eigenvalue weighted by molar-refractivity contribution is 8.14. The zero-order chi connectivity index (χ0) is 17.4. The molecule has 4 nitrogen and oxygen atoms in total. The standard InChI is InChI=1S/C20H23N2O2S.BrH/c1-15-4-6-16(7-5-15)20(23)14-21-12-3-13-25-19(21)22(20)17-8-10-18(24-2)11-9-17;/h4-11,23H,3,12-14H2,1-2H3;1H/q+1;/p-1. The highest BCUT2D eigenvalue weighted by atomic mass is 79.9. The Morgan fingerprint density at radius 3 is 2.46 bits per heavy atom. The van der Waals surface area contributed by atoms with Gasteiger partial charge >= 0.3 is 5.17 Å². The van der Waals surface area contributed by atoms with Crippen LogP contribution in [-0.2, 0) is 5.72 Å². The second kappa shape index (κ2) is 7.62. The van der Waals surface area contributed by atoms with Gasteiger partial charge in [0.2, 0.25) is 0 Å². The first kappa shape index (κ1) is 19.3. The van der Waals surface area contributed by atoms with E-state index in [9.17, 15) is 5.11 Å². The van der Waals surface area contributed by atoms with Gasteiger partial charge < -0.3 is 26.8 Å². The number of amidine groups is 1. The fourth-order valence-corrected chi connectivity index (χ4v) is 4.73. The molecular formula is C20H23BrN2O2S. The summed E-state index contributed by atoms with van der Waals surface area (Å²) in [7, 11) is 1.67. The van der Waals surface area contributed by atoms with Gasteiger partial charge in [-0.15, -0.1) is 0 Å². The SMILES string of the molecule is COc1ccc(N2C3=[N+](CCCS3)CC2(O)c2ccc(C)cc2)cc1.[Br-]. The minimum Gasteiger partial charge on any atom is -1.00 e. The molecule has 1 atom stereocenters. The van der Waals surface area contributed by atoms with Crippen molar-refractivity contribution in [3.63, 3.8) is 0 Å². The van der Waals surface area contributed by atoms with E-state index in [0.717, 1.165) is 40.9 Å². The molecule has 0 aromatic heterocycles. The predicted molar refractivity (Wildman–Crippen MR) is 103 cm³/mol. The molecule has 0 fully saturated rings. The zero-order valence-electron chi connectivity index (χ0n) is 15.0. The number of thioether (sulfide) groups is 1. The molecule has 2 aliphatic rings. The molecule has 4 rings (SSSR count). The van der Waals surface area contributed by atoms with Gasteiger partial charge in [-0.05, 0) is 49.4 Å². The summed E-state index contributed by atoms with van der Waals surface area (Å²) in [5.74, 6) is 1.91.